The van der Waals surface area contributed by atoms with E-state index in [1.165, 1.54) is 0 Å². The highest BCUT2D eigenvalue weighted by Crippen LogP contribution is 2.27. The van der Waals surface area contributed by atoms with Crippen LogP contribution in [0, 0.1) is 0 Å². The smallest absolute Gasteiger partial charge is 0.407 e. The summed E-state index contributed by atoms with van der Waals surface area (Å²) in [6.45, 7) is 10.0. The first-order chi connectivity index (χ1) is 8.48. The van der Waals surface area contributed by atoms with Gasteiger partial charge in [-0.05, 0) is 32.8 Å². The molecule has 1 aromatic carbocycles. The number of nitrogens with one attached hydrogen (secondary N) is 1. The van der Waals surface area contributed by atoms with Crippen molar-refractivity contribution in [3.05, 3.63) is 48.0 Å². The fourth-order valence-corrected chi connectivity index (χ4v) is 2.02. The first-order valence-electron chi connectivity index (χ1n) is 6.13. The quantitative estimate of drug-likeness (QED) is 0.807. The van der Waals surface area contributed by atoms with Gasteiger partial charge in [0, 0.05) is 0 Å². The standard InChI is InChI=1S/C15H21NO2/c1-5-18-14(17)16-15(4,11-12(2)3)13-9-7-6-8-10-13/h6-10H,2,5,11H2,1,3-4H3,(H,16,17). The molecule has 0 aliphatic carbocycles. The van der Waals surface area contributed by atoms with Crippen molar-refractivity contribution in [2.75, 3.05) is 6.61 Å². The number of carbonyl (C=O) groups is 1. The minimum absolute atomic E-state index is 0.365. The molecule has 1 aromatic rings. The van der Waals surface area contributed by atoms with Gasteiger partial charge in [-0.15, -0.1) is 6.58 Å². The van der Waals surface area contributed by atoms with Gasteiger partial charge >= 0.3 is 6.09 Å². The van der Waals surface area contributed by atoms with Gasteiger partial charge < -0.3 is 10.1 Å². The van der Waals surface area contributed by atoms with E-state index in [0.29, 0.717) is 13.0 Å². The lowest BCUT2D eigenvalue weighted by Crippen LogP contribution is -2.44. The second-order valence-electron chi connectivity index (χ2n) is 4.68. The molecule has 18 heavy (non-hydrogen) atoms. The van der Waals surface area contributed by atoms with E-state index in [-0.39, 0.29) is 0 Å². The van der Waals surface area contributed by atoms with Gasteiger partial charge in [-0.3, -0.25) is 0 Å². The van der Waals surface area contributed by atoms with Gasteiger partial charge in [0.1, 0.15) is 0 Å². The zero-order valence-corrected chi connectivity index (χ0v) is 11.3. The highest BCUT2D eigenvalue weighted by Gasteiger charge is 2.28. The molecule has 1 N–H and O–H groups in total. The predicted molar refractivity (Wildman–Crippen MR) is 73.4 cm³/mol. The van der Waals surface area contributed by atoms with Crippen LogP contribution in [0.15, 0.2) is 42.5 Å². The van der Waals surface area contributed by atoms with Gasteiger partial charge in [-0.25, -0.2) is 4.79 Å². The number of hydrogen-bond acceptors (Lipinski definition) is 2. The van der Waals surface area contributed by atoms with Gasteiger partial charge in [0.05, 0.1) is 12.1 Å². The molecule has 98 valence electrons. The molecule has 0 spiro atoms. The van der Waals surface area contributed by atoms with Crippen molar-refractivity contribution in [2.45, 2.75) is 32.7 Å². The highest BCUT2D eigenvalue weighted by molar-refractivity contribution is 5.68. The summed E-state index contributed by atoms with van der Waals surface area (Å²) in [7, 11) is 0. The molecule has 0 fully saturated rings. The topological polar surface area (TPSA) is 38.3 Å². The van der Waals surface area contributed by atoms with Crippen LogP contribution in [0.3, 0.4) is 0 Å². The van der Waals surface area contributed by atoms with Crippen LogP contribution < -0.4 is 5.32 Å². The van der Waals surface area contributed by atoms with Crippen molar-refractivity contribution in [3.63, 3.8) is 0 Å². The van der Waals surface area contributed by atoms with Gasteiger partial charge in [0.15, 0.2) is 0 Å². The summed E-state index contributed by atoms with van der Waals surface area (Å²) >= 11 is 0. The highest BCUT2D eigenvalue weighted by atomic mass is 16.5. The Morgan fingerprint density at radius 3 is 2.50 bits per heavy atom. The maximum atomic E-state index is 11.7. The van der Waals surface area contributed by atoms with Crippen LogP contribution in [-0.4, -0.2) is 12.7 Å². The Kier molecular flexibility index (Phi) is 4.95. The Labute approximate surface area is 109 Å². The molecule has 0 bridgehead atoms. The van der Waals surface area contributed by atoms with Gasteiger partial charge in [-0.2, -0.15) is 0 Å². The monoisotopic (exact) mass is 247 g/mol. The Balaban J connectivity index is 2.95. The van der Waals surface area contributed by atoms with Crippen molar-refractivity contribution < 1.29 is 9.53 Å². The molecule has 0 radical (unpaired) electrons. The lowest BCUT2D eigenvalue weighted by Gasteiger charge is -2.31. The number of hydrogen-bond donors (Lipinski definition) is 1. The van der Waals surface area contributed by atoms with Crippen molar-refractivity contribution in [1.82, 2.24) is 5.32 Å². The van der Waals surface area contributed by atoms with E-state index in [0.717, 1.165) is 11.1 Å². The van der Waals surface area contributed by atoms with E-state index in [4.69, 9.17) is 4.74 Å². The van der Waals surface area contributed by atoms with Crippen LogP contribution in [0.5, 0.6) is 0 Å². The number of benzene rings is 1. The second kappa shape index (κ2) is 6.24. The van der Waals surface area contributed by atoms with E-state index >= 15 is 0 Å². The summed E-state index contributed by atoms with van der Waals surface area (Å²) in [4.78, 5) is 11.7. The molecule has 1 atom stereocenters. The third-order valence-corrected chi connectivity index (χ3v) is 2.72. The van der Waals surface area contributed by atoms with E-state index in [2.05, 4.69) is 11.9 Å². The molecular formula is C15H21NO2. The molecule has 1 unspecified atom stereocenters. The summed E-state index contributed by atoms with van der Waals surface area (Å²) in [5.74, 6) is 0. The average molecular weight is 247 g/mol. The summed E-state index contributed by atoms with van der Waals surface area (Å²) in [5.41, 5.74) is 1.57. The molecule has 0 saturated heterocycles. The molecule has 0 aliphatic heterocycles. The largest absolute Gasteiger partial charge is 0.450 e. The van der Waals surface area contributed by atoms with Gasteiger partial charge in [0.2, 0.25) is 0 Å². The molecule has 3 nitrogen and oxygen atoms in total. The Morgan fingerprint density at radius 2 is 2.00 bits per heavy atom. The van der Waals surface area contributed by atoms with Crippen LogP contribution in [0.4, 0.5) is 4.79 Å². The molecule has 0 heterocycles. The third-order valence-electron chi connectivity index (χ3n) is 2.72. The fraction of sp³-hybridized carbons (Fsp3) is 0.400. The van der Waals surface area contributed by atoms with Crippen molar-refractivity contribution in [1.29, 1.82) is 0 Å². The fourth-order valence-electron chi connectivity index (χ4n) is 2.02. The van der Waals surface area contributed by atoms with E-state index in [1.807, 2.05) is 44.2 Å². The van der Waals surface area contributed by atoms with Crippen LogP contribution in [0.1, 0.15) is 32.8 Å². The van der Waals surface area contributed by atoms with E-state index < -0.39 is 11.6 Å². The first-order valence-corrected chi connectivity index (χ1v) is 6.13. The first kappa shape index (κ1) is 14.3. The third kappa shape index (κ3) is 3.91. The van der Waals surface area contributed by atoms with Crippen LogP contribution >= 0.6 is 0 Å². The summed E-state index contributed by atoms with van der Waals surface area (Å²) in [5, 5.41) is 2.92. The summed E-state index contributed by atoms with van der Waals surface area (Å²) in [6.07, 6.45) is 0.278. The maximum absolute atomic E-state index is 11.7. The molecular weight excluding hydrogens is 226 g/mol. The van der Waals surface area contributed by atoms with Crippen LogP contribution in [-0.2, 0) is 10.3 Å². The minimum atomic E-state index is -0.487. The van der Waals surface area contributed by atoms with Crippen molar-refractivity contribution in [3.8, 4) is 0 Å². The molecule has 0 aromatic heterocycles. The Bertz CT molecular complexity index is 414. The number of ether oxygens (including phenoxy) is 1. The lowest BCUT2D eigenvalue weighted by molar-refractivity contribution is 0.139. The molecule has 0 aliphatic rings. The second-order valence-corrected chi connectivity index (χ2v) is 4.68. The number of alkyl carbamates (subject to hydrolysis) is 1. The zero-order valence-electron chi connectivity index (χ0n) is 11.3. The zero-order chi connectivity index (χ0) is 13.6. The predicted octanol–water partition coefficient (Wildman–Crippen LogP) is 3.61. The number of carbonyl (C=O) groups excluding carboxylic acids is 1. The van der Waals surface area contributed by atoms with Crippen LogP contribution in [0.25, 0.3) is 0 Å². The summed E-state index contributed by atoms with van der Waals surface area (Å²) in [6, 6.07) is 9.86. The van der Waals surface area contributed by atoms with E-state index in [9.17, 15) is 4.79 Å². The minimum Gasteiger partial charge on any atom is -0.450 e. The average Bonchev–Trinajstić information content (AvgIpc) is 2.29. The molecule has 0 saturated carbocycles. The number of rotatable bonds is 5. The van der Waals surface area contributed by atoms with Crippen molar-refractivity contribution >= 4 is 6.09 Å². The number of amides is 1. The maximum Gasteiger partial charge on any atom is 0.407 e. The SMILES string of the molecule is C=C(C)CC(C)(NC(=O)OCC)c1ccccc1. The lowest BCUT2D eigenvalue weighted by atomic mass is 9.86. The normalized spacial score (nSPS) is 13.5. The summed E-state index contributed by atoms with van der Waals surface area (Å²) < 4.78 is 4.96. The van der Waals surface area contributed by atoms with Crippen molar-refractivity contribution in [2.24, 2.45) is 0 Å². The molecule has 1 amide bonds. The Hall–Kier alpha value is -1.77. The Morgan fingerprint density at radius 1 is 1.39 bits per heavy atom. The van der Waals surface area contributed by atoms with E-state index in [1.54, 1.807) is 6.92 Å². The van der Waals surface area contributed by atoms with Gasteiger partial charge in [-0.1, -0.05) is 35.9 Å². The van der Waals surface area contributed by atoms with Gasteiger partial charge in [0.25, 0.3) is 0 Å². The molecule has 3 heteroatoms. The molecule has 1 rings (SSSR count). The van der Waals surface area contributed by atoms with Crippen LogP contribution in [0.2, 0.25) is 0 Å².